The van der Waals surface area contributed by atoms with E-state index in [0.717, 1.165) is 28.1 Å². The fourth-order valence-electron chi connectivity index (χ4n) is 5.10. The highest BCUT2D eigenvalue weighted by Crippen LogP contribution is 2.43. The monoisotopic (exact) mass is 457 g/mol. The number of anilines is 1. The Morgan fingerprint density at radius 2 is 1.79 bits per heavy atom. The number of amides is 1. The van der Waals surface area contributed by atoms with Gasteiger partial charge in [-0.05, 0) is 55.3 Å². The number of rotatable bonds is 6. The predicted octanol–water partition coefficient (Wildman–Crippen LogP) is 5.16. The molecule has 2 unspecified atom stereocenters. The Labute approximate surface area is 198 Å². The van der Waals surface area contributed by atoms with Crippen molar-refractivity contribution < 1.29 is 24.2 Å². The van der Waals surface area contributed by atoms with E-state index in [0.29, 0.717) is 24.5 Å². The van der Waals surface area contributed by atoms with Crippen molar-refractivity contribution in [1.82, 2.24) is 0 Å². The SMILES string of the molecule is Cc1cc(OC[C@@H]2COc3ccccc32)ccc1C(=O)N1c2ccccc2C(CC(=O)O)C1C. The molecule has 0 saturated heterocycles. The van der Waals surface area contributed by atoms with Gasteiger partial charge in [-0.2, -0.15) is 0 Å². The summed E-state index contributed by atoms with van der Waals surface area (Å²) in [5, 5.41) is 9.39. The Hall–Kier alpha value is -3.80. The Kier molecular flexibility index (Phi) is 5.74. The first-order valence-electron chi connectivity index (χ1n) is 11.5. The minimum absolute atomic E-state index is 0.0122. The molecule has 1 amide bonds. The van der Waals surface area contributed by atoms with E-state index in [1.807, 2.05) is 68.4 Å². The topological polar surface area (TPSA) is 76.1 Å². The summed E-state index contributed by atoms with van der Waals surface area (Å²) in [7, 11) is 0. The second kappa shape index (κ2) is 8.86. The maximum atomic E-state index is 13.6. The van der Waals surface area contributed by atoms with E-state index in [4.69, 9.17) is 9.47 Å². The van der Waals surface area contributed by atoms with Crippen LogP contribution in [0.15, 0.2) is 66.7 Å². The lowest BCUT2D eigenvalue weighted by Crippen LogP contribution is -2.38. The third kappa shape index (κ3) is 3.89. The van der Waals surface area contributed by atoms with E-state index in [1.54, 1.807) is 11.0 Å². The highest BCUT2D eigenvalue weighted by molar-refractivity contribution is 6.09. The number of hydrogen-bond donors (Lipinski definition) is 1. The molecule has 2 heterocycles. The van der Waals surface area contributed by atoms with Gasteiger partial charge >= 0.3 is 5.97 Å². The van der Waals surface area contributed by atoms with Gasteiger partial charge in [0.05, 0.1) is 25.6 Å². The molecule has 3 aromatic carbocycles. The van der Waals surface area contributed by atoms with Crippen LogP contribution in [0.25, 0.3) is 0 Å². The normalized spacial score (nSPS) is 20.4. The summed E-state index contributed by atoms with van der Waals surface area (Å²) in [6.45, 7) is 4.91. The molecule has 174 valence electrons. The molecule has 3 aromatic rings. The van der Waals surface area contributed by atoms with E-state index in [2.05, 4.69) is 6.07 Å². The zero-order valence-corrected chi connectivity index (χ0v) is 19.2. The molecule has 0 saturated carbocycles. The molecule has 34 heavy (non-hydrogen) atoms. The molecule has 1 N–H and O–H groups in total. The molecule has 3 atom stereocenters. The number of carboxylic acid groups (broad SMARTS) is 1. The molecule has 5 rings (SSSR count). The number of benzene rings is 3. The second-order valence-electron chi connectivity index (χ2n) is 9.01. The number of aliphatic carboxylic acids is 1. The van der Waals surface area contributed by atoms with Gasteiger partial charge in [-0.25, -0.2) is 0 Å². The highest BCUT2D eigenvalue weighted by Gasteiger charge is 2.40. The summed E-state index contributed by atoms with van der Waals surface area (Å²) in [5.41, 5.74) is 4.24. The number of carbonyl (C=O) groups is 2. The summed E-state index contributed by atoms with van der Waals surface area (Å²) in [6, 6.07) is 20.8. The standard InChI is InChI=1S/C28H27NO5/c1-17-13-20(33-15-19-16-34-26-10-6-4-7-22(19)26)11-12-21(17)28(32)29-18(2)24(14-27(30)31)23-8-3-5-9-25(23)29/h3-13,18-19,24H,14-16H2,1-2H3,(H,30,31)/t18?,19-,24?/m1/s1. The van der Waals surface area contributed by atoms with Crippen molar-refractivity contribution in [3.63, 3.8) is 0 Å². The minimum Gasteiger partial charge on any atom is -0.493 e. The smallest absolute Gasteiger partial charge is 0.304 e. The van der Waals surface area contributed by atoms with Crippen LogP contribution in [0, 0.1) is 6.92 Å². The van der Waals surface area contributed by atoms with Gasteiger partial charge in [0.15, 0.2) is 0 Å². The lowest BCUT2D eigenvalue weighted by molar-refractivity contribution is -0.137. The number of hydrogen-bond acceptors (Lipinski definition) is 4. The van der Waals surface area contributed by atoms with Crippen molar-refractivity contribution in [3.05, 3.63) is 89.0 Å². The molecule has 0 radical (unpaired) electrons. The second-order valence-corrected chi connectivity index (χ2v) is 9.01. The van der Waals surface area contributed by atoms with Crippen LogP contribution in [0.4, 0.5) is 5.69 Å². The van der Waals surface area contributed by atoms with Gasteiger partial charge < -0.3 is 19.5 Å². The molecular formula is C28H27NO5. The minimum atomic E-state index is -0.867. The molecule has 2 aliphatic heterocycles. The van der Waals surface area contributed by atoms with Gasteiger partial charge in [0.2, 0.25) is 0 Å². The lowest BCUT2D eigenvalue weighted by Gasteiger charge is -2.26. The number of fused-ring (bicyclic) bond motifs is 2. The van der Waals surface area contributed by atoms with E-state index >= 15 is 0 Å². The van der Waals surface area contributed by atoms with Gasteiger partial charge in [-0.1, -0.05) is 36.4 Å². The summed E-state index contributed by atoms with van der Waals surface area (Å²) < 4.78 is 11.8. The van der Waals surface area contributed by atoms with Crippen LogP contribution in [-0.4, -0.2) is 36.2 Å². The molecule has 2 aliphatic rings. The number of para-hydroxylation sites is 2. The average molecular weight is 458 g/mol. The molecule has 0 bridgehead atoms. The number of ether oxygens (including phenoxy) is 2. The Bertz CT molecular complexity index is 1250. The lowest BCUT2D eigenvalue weighted by atomic mass is 9.92. The van der Waals surface area contributed by atoms with E-state index in [-0.39, 0.29) is 30.2 Å². The summed E-state index contributed by atoms with van der Waals surface area (Å²) in [6.07, 6.45) is -0.0122. The van der Waals surface area contributed by atoms with Crippen LogP contribution in [0.5, 0.6) is 11.5 Å². The first-order valence-corrected chi connectivity index (χ1v) is 11.5. The van der Waals surface area contributed by atoms with Crippen molar-refractivity contribution in [2.75, 3.05) is 18.1 Å². The van der Waals surface area contributed by atoms with E-state index < -0.39 is 5.97 Å². The molecule has 6 heteroatoms. The summed E-state index contributed by atoms with van der Waals surface area (Å²) >= 11 is 0. The molecule has 0 aromatic heterocycles. The van der Waals surface area contributed by atoms with Crippen LogP contribution < -0.4 is 14.4 Å². The Balaban J connectivity index is 1.34. The van der Waals surface area contributed by atoms with Crippen LogP contribution in [-0.2, 0) is 4.79 Å². The number of nitrogens with zero attached hydrogens (tertiary/aromatic N) is 1. The van der Waals surface area contributed by atoms with Gasteiger partial charge in [0.25, 0.3) is 5.91 Å². The van der Waals surface area contributed by atoms with Crippen molar-refractivity contribution in [3.8, 4) is 11.5 Å². The van der Waals surface area contributed by atoms with Crippen LogP contribution in [0.2, 0.25) is 0 Å². The Morgan fingerprint density at radius 3 is 2.56 bits per heavy atom. The average Bonchev–Trinajstić information content (AvgIpc) is 3.36. The van der Waals surface area contributed by atoms with Gasteiger partial charge in [0, 0.05) is 28.8 Å². The zero-order valence-electron chi connectivity index (χ0n) is 19.2. The molecule has 6 nitrogen and oxygen atoms in total. The highest BCUT2D eigenvalue weighted by atomic mass is 16.5. The maximum absolute atomic E-state index is 13.6. The molecule has 0 aliphatic carbocycles. The number of carbonyl (C=O) groups excluding carboxylic acids is 1. The van der Waals surface area contributed by atoms with Crippen LogP contribution in [0.3, 0.4) is 0 Å². The van der Waals surface area contributed by atoms with Crippen molar-refractivity contribution in [2.24, 2.45) is 0 Å². The first-order chi connectivity index (χ1) is 16.4. The van der Waals surface area contributed by atoms with Gasteiger partial charge in [-0.3, -0.25) is 9.59 Å². The van der Waals surface area contributed by atoms with Crippen molar-refractivity contribution in [1.29, 1.82) is 0 Å². The molecule has 0 fully saturated rings. The fourth-order valence-corrected chi connectivity index (χ4v) is 5.10. The largest absolute Gasteiger partial charge is 0.493 e. The third-order valence-electron chi connectivity index (χ3n) is 6.88. The summed E-state index contributed by atoms with van der Waals surface area (Å²) in [5.74, 6) is 0.554. The van der Waals surface area contributed by atoms with Crippen molar-refractivity contribution in [2.45, 2.75) is 38.1 Å². The van der Waals surface area contributed by atoms with Crippen LogP contribution >= 0.6 is 0 Å². The van der Waals surface area contributed by atoms with Crippen molar-refractivity contribution >= 4 is 17.6 Å². The quantitative estimate of drug-likeness (QED) is 0.554. The first kappa shape index (κ1) is 22.0. The predicted molar refractivity (Wildman–Crippen MR) is 129 cm³/mol. The zero-order chi connectivity index (χ0) is 23.8. The molecular weight excluding hydrogens is 430 g/mol. The van der Waals surface area contributed by atoms with E-state index in [9.17, 15) is 14.7 Å². The van der Waals surface area contributed by atoms with Gasteiger partial charge in [0.1, 0.15) is 11.5 Å². The Morgan fingerprint density at radius 1 is 1.06 bits per heavy atom. The third-order valence-corrected chi connectivity index (χ3v) is 6.88. The fraction of sp³-hybridized carbons (Fsp3) is 0.286. The molecule has 0 spiro atoms. The van der Waals surface area contributed by atoms with E-state index in [1.165, 1.54) is 0 Å². The number of carboxylic acids is 1. The maximum Gasteiger partial charge on any atom is 0.304 e. The van der Waals surface area contributed by atoms with Gasteiger partial charge in [-0.15, -0.1) is 0 Å². The summed E-state index contributed by atoms with van der Waals surface area (Å²) in [4.78, 5) is 26.8. The number of aryl methyl sites for hydroxylation is 1. The van der Waals surface area contributed by atoms with Crippen LogP contribution in [0.1, 0.15) is 52.2 Å².